The van der Waals surface area contributed by atoms with E-state index in [2.05, 4.69) is 13.8 Å². The third-order valence-electron chi connectivity index (χ3n) is 3.02. The fourth-order valence-corrected chi connectivity index (χ4v) is 7.64. The second-order valence-corrected chi connectivity index (χ2v) is 12.6. The SMILES string of the molecule is CCC1CCC(C)C1[Si](Cl)(Cl)Cl. The summed E-state index contributed by atoms with van der Waals surface area (Å²) in [6, 6.07) is -2.45. The van der Waals surface area contributed by atoms with Crippen molar-refractivity contribution in [1.29, 1.82) is 0 Å². The van der Waals surface area contributed by atoms with Crippen molar-refractivity contribution in [3.8, 4) is 0 Å². The van der Waals surface area contributed by atoms with Crippen molar-refractivity contribution in [1.82, 2.24) is 0 Å². The van der Waals surface area contributed by atoms with Crippen LogP contribution in [0.3, 0.4) is 0 Å². The lowest BCUT2D eigenvalue weighted by Gasteiger charge is -2.26. The minimum Gasteiger partial charge on any atom is -0.126 e. The minimum atomic E-state index is -2.45. The van der Waals surface area contributed by atoms with E-state index in [-0.39, 0.29) is 0 Å². The van der Waals surface area contributed by atoms with Crippen LogP contribution in [0.4, 0.5) is 0 Å². The molecule has 0 heterocycles. The minimum absolute atomic E-state index is 0.396. The van der Waals surface area contributed by atoms with E-state index in [1.165, 1.54) is 12.8 Å². The molecule has 0 saturated heterocycles. The average molecular weight is 246 g/mol. The Hall–Kier alpha value is 1.09. The van der Waals surface area contributed by atoms with Gasteiger partial charge in [0.15, 0.2) is 0 Å². The molecule has 1 rings (SSSR count). The highest BCUT2D eigenvalue weighted by atomic mass is 35.8. The molecule has 0 nitrogen and oxygen atoms in total. The Kier molecular flexibility index (Phi) is 3.79. The molecule has 3 unspecified atom stereocenters. The number of halogens is 3. The first-order valence-electron chi connectivity index (χ1n) is 4.53. The molecular weight excluding hydrogens is 231 g/mol. The molecule has 0 N–H and O–H groups in total. The van der Waals surface area contributed by atoms with Gasteiger partial charge in [0.2, 0.25) is 0 Å². The van der Waals surface area contributed by atoms with E-state index in [0.717, 1.165) is 6.42 Å². The first-order chi connectivity index (χ1) is 5.46. The quantitative estimate of drug-likeness (QED) is 0.497. The van der Waals surface area contributed by atoms with Crippen LogP contribution in [-0.2, 0) is 0 Å². The van der Waals surface area contributed by atoms with Crippen LogP contribution >= 0.6 is 33.2 Å². The lowest BCUT2D eigenvalue weighted by molar-refractivity contribution is 0.496. The van der Waals surface area contributed by atoms with Gasteiger partial charge >= 0.3 is 6.00 Å². The highest BCUT2D eigenvalue weighted by Gasteiger charge is 2.47. The predicted molar refractivity (Wildman–Crippen MR) is 59.2 cm³/mol. The van der Waals surface area contributed by atoms with Gasteiger partial charge in [-0.15, -0.1) is 33.2 Å². The zero-order chi connectivity index (χ0) is 9.35. The lowest BCUT2D eigenvalue weighted by Crippen LogP contribution is -2.26. The Labute approximate surface area is 89.7 Å². The zero-order valence-electron chi connectivity index (χ0n) is 7.49. The molecular formula is C8H15Cl3Si. The van der Waals surface area contributed by atoms with Crippen LogP contribution < -0.4 is 0 Å². The third-order valence-corrected chi connectivity index (χ3v) is 7.08. The van der Waals surface area contributed by atoms with Gasteiger partial charge in [-0.05, 0) is 17.4 Å². The van der Waals surface area contributed by atoms with Crippen molar-refractivity contribution in [2.75, 3.05) is 0 Å². The fourth-order valence-electron chi connectivity index (χ4n) is 2.35. The lowest BCUT2D eigenvalue weighted by atomic mass is 10.0. The van der Waals surface area contributed by atoms with Crippen LogP contribution in [0.2, 0.25) is 5.54 Å². The van der Waals surface area contributed by atoms with Gasteiger partial charge in [-0.25, -0.2) is 0 Å². The molecule has 1 aliphatic rings. The van der Waals surface area contributed by atoms with Gasteiger partial charge < -0.3 is 0 Å². The van der Waals surface area contributed by atoms with Gasteiger partial charge in [-0.2, -0.15) is 0 Å². The van der Waals surface area contributed by atoms with Gasteiger partial charge in [0.25, 0.3) is 0 Å². The van der Waals surface area contributed by atoms with Crippen molar-refractivity contribution < 1.29 is 0 Å². The standard InChI is InChI=1S/C8H15Cl3Si/c1-3-7-5-4-6(2)8(7)12(9,10)11/h6-8H,3-5H2,1-2H3. The summed E-state index contributed by atoms with van der Waals surface area (Å²) in [4.78, 5) is 0. The Bertz CT molecular complexity index is 155. The summed E-state index contributed by atoms with van der Waals surface area (Å²) in [5.41, 5.74) is 0.396. The topological polar surface area (TPSA) is 0 Å². The highest BCUT2D eigenvalue weighted by molar-refractivity contribution is 7.65. The number of hydrogen-bond donors (Lipinski definition) is 0. The largest absolute Gasteiger partial charge is 0.344 e. The van der Waals surface area contributed by atoms with E-state index in [4.69, 9.17) is 33.2 Å². The molecule has 0 spiro atoms. The molecule has 72 valence electrons. The Morgan fingerprint density at radius 1 is 1.25 bits per heavy atom. The normalized spacial score (nSPS) is 37.2. The summed E-state index contributed by atoms with van der Waals surface area (Å²) < 4.78 is 0. The number of hydrogen-bond acceptors (Lipinski definition) is 0. The Balaban J connectivity index is 2.70. The molecule has 1 aliphatic carbocycles. The van der Waals surface area contributed by atoms with Gasteiger partial charge in [0.1, 0.15) is 0 Å². The van der Waals surface area contributed by atoms with E-state index in [1.807, 2.05) is 0 Å². The monoisotopic (exact) mass is 244 g/mol. The molecule has 12 heavy (non-hydrogen) atoms. The second kappa shape index (κ2) is 4.08. The average Bonchev–Trinajstić information content (AvgIpc) is 2.29. The molecule has 1 fully saturated rings. The molecule has 0 aliphatic heterocycles. The maximum atomic E-state index is 6.08. The summed E-state index contributed by atoms with van der Waals surface area (Å²) in [7, 11) is 0. The van der Waals surface area contributed by atoms with Crippen LogP contribution in [0.25, 0.3) is 0 Å². The molecule has 0 amide bonds. The molecule has 0 aromatic rings. The second-order valence-electron chi connectivity index (χ2n) is 3.79. The van der Waals surface area contributed by atoms with Gasteiger partial charge in [-0.3, -0.25) is 0 Å². The Morgan fingerprint density at radius 2 is 1.83 bits per heavy atom. The van der Waals surface area contributed by atoms with Crippen molar-refractivity contribution in [2.24, 2.45) is 11.8 Å². The van der Waals surface area contributed by atoms with Gasteiger partial charge in [0, 0.05) is 0 Å². The van der Waals surface area contributed by atoms with Gasteiger partial charge in [0.05, 0.1) is 0 Å². The van der Waals surface area contributed by atoms with Crippen LogP contribution in [0, 0.1) is 11.8 Å². The summed E-state index contributed by atoms with van der Waals surface area (Å²) in [6.45, 7) is 4.41. The van der Waals surface area contributed by atoms with Gasteiger partial charge in [-0.1, -0.05) is 33.1 Å². The van der Waals surface area contributed by atoms with E-state index >= 15 is 0 Å². The summed E-state index contributed by atoms with van der Waals surface area (Å²) >= 11 is 18.2. The maximum Gasteiger partial charge on any atom is 0.344 e. The van der Waals surface area contributed by atoms with Crippen LogP contribution in [0.15, 0.2) is 0 Å². The molecule has 0 aromatic carbocycles. The van der Waals surface area contributed by atoms with E-state index < -0.39 is 6.00 Å². The van der Waals surface area contributed by atoms with E-state index in [9.17, 15) is 0 Å². The molecule has 0 bridgehead atoms. The van der Waals surface area contributed by atoms with Crippen molar-refractivity contribution in [3.63, 3.8) is 0 Å². The molecule has 0 aromatic heterocycles. The zero-order valence-corrected chi connectivity index (χ0v) is 10.8. The summed E-state index contributed by atoms with van der Waals surface area (Å²) in [5.74, 6) is 1.29. The predicted octanol–water partition coefficient (Wildman–Crippen LogP) is 4.47. The van der Waals surface area contributed by atoms with Crippen molar-refractivity contribution in [2.45, 2.75) is 38.7 Å². The summed E-state index contributed by atoms with van der Waals surface area (Å²) in [6.07, 6.45) is 3.66. The third kappa shape index (κ3) is 2.31. The maximum absolute atomic E-state index is 6.08. The highest BCUT2D eigenvalue weighted by Crippen LogP contribution is 2.53. The van der Waals surface area contributed by atoms with Crippen LogP contribution in [0.5, 0.6) is 0 Å². The van der Waals surface area contributed by atoms with E-state index in [0.29, 0.717) is 17.4 Å². The first kappa shape index (κ1) is 11.2. The molecule has 1 saturated carbocycles. The Morgan fingerprint density at radius 3 is 2.17 bits per heavy atom. The van der Waals surface area contributed by atoms with Crippen LogP contribution in [-0.4, -0.2) is 6.00 Å². The fraction of sp³-hybridized carbons (Fsp3) is 1.00. The summed E-state index contributed by atoms with van der Waals surface area (Å²) in [5, 5.41) is 0. The number of rotatable bonds is 2. The van der Waals surface area contributed by atoms with Crippen molar-refractivity contribution >= 4 is 39.2 Å². The molecule has 0 radical (unpaired) electrons. The van der Waals surface area contributed by atoms with Crippen LogP contribution in [0.1, 0.15) is 33.1 Å². The molecule has 3 atom stereocenters. The van der Waals surface area contributed by atoms with E-state index in [1.54, 1.807) is 0 Å². The first-order valence-corrected chi connectivity index (χ1v) is 9.64. The van der Waals surface area contributed by atoms with Crippen molar-refractivity contribution in [3.05, 3.63) is 0 Å². The molecule has 4 heteroatoms. The smallest absolute Gasteiger partial charge is 0.126 e.